The van der Waals surface area contributed by atoms with Crippen LogP contribution in [0.5, 0.6) is 0 Å². The molecule has 0 unspecified atom stereocenters. The highest BCUT2D eigenvalue weighted by atomic mass is 35.5. The number of hydrogen-bond donors (Lipinski definition) is 1. The quantitative estimate of drug-likeness (QED) is 0.937. The van der Waals surface area contributed by atoms with Crippen LogP contribution in [-0.2, 0) is 0 Å². The summed E-state index contributed by atoms with van der Waals surface area (Å²) in [5.41, 5.74) is 1.77. The minimum atomic E-state index is -0.384. The topological polar surface area (TPSA) is 28.2 Å². The SMILES string of the molecule is Cl.Cl.FC[C@@H](c1ccc2ccccc2n1)N1CCNCC1. The van der Waals surface area contributed by atoms with Gasteiger partial charge in [0.15, 0.2) is 0 Å². The minimum absolute atomic E-state index is 0. The number of benzene rings is 1. The van der Waals surface area contributed by atoms with Crippen LogP contribution in [0.25, 0.3) is 10.9 Å². The normalized spacial score (nSPS) is 16.8. The first-order valence-electron chi connectivity index (χ1n) is 6.75. The van der Waals surface area contributed by atoms with Gasteiger partial charge in [0.25, 0.3) is 0 Å². The van der Waals surface area contributed by atoms with Crippen molar-refractivity contribution in [1.29, 1.82) is 0 Å². The van der Waals surface area contributed by atoms with Crippen LogP contribution in [0.15, 0.2) is 36.4 Å². The first-order chi connectivity index (χ1) is 9.38. The molecule has 1 atom stereocenters. The van der Waals surface area contributed by atoms with Crippen molar-refractivity contribution < 1.29 is 4.39 Å². The van der Waals surface area contributed by atoms with Crippen molar-refractivity contribution in [3.8, 4) is 0 Å². The van der Waals surface area contributed by atoms with E-state index in [1.807, 2.05) is 36.4 Å². The second-order valence-electron chi connectivity index (χ2n) is 4.88. The van der Waals surface area contributed by atoms with Crippen LogP contribution in [0, 0.1) is 0 Å². The summed E-state index contributed by atoms with van der Waals surface area (Å²) in [6.07, 6.45) is 0. The van der Waals surface area contributed by atoms with Crippen molar-refractivity contribution in [3.05, 3.63) is 42.1 Å². The van der Waals surface area contributed by atoms with E-state index in [4.69, 9.17) is 0 Å². The fraction of sp³-hybridized carbons (Fsp3) is 0.400. The fourth-order valence-electron chi connectivity index (χ4n) is 2.62. The lowest BCUT2D eigenvalue weighted by molar-refractivity contribution is 0.145. The van der Waals surface area contributed by atoms with Crippen molar-refractivity contribution in [2.75, 3.05) is 32.9 Å². The molecule has 0 saturated carbocycles. The summed E-state index contributed by atoms with van der Waals surface area (Å²) in [7, 11) is 0. The third-order valence-corrected chi connectivity index (χ3v) is 3.70. The molecule has 1 aliphatic rings. The van der Waals surface area contributed by atoms with Crippen molar-refractivity contribution >= 4 is 35.7 Å². The van der Waals surface area contributed by atoms with Crippen LogP contribution < -0.4 is 5.32 Å². The molecule has 0 bridgehead atoms. The first-order valence-corrected chi connectivity index (χ1v) is 6.75. The summed E-state index contributed by atoms with van der Waals surface area (Å²) in [4.78, 5) is 6.79. The maximum atomic E-state index is 13.4. The van der Waals surface area contributed by atoms with Crippen LogP contribution in [-0.4, -0.2) is 42.7 Å². The number of hydrogen-bond acceptors (Lipinski definition) is 3. The van der Waals surface area contributed by atoms with Gasteiger partial charge in [0.1, 0.15) is 6.67 Å². The summed E-state index contributed by atoms with van der Waals surface area (Å²) in [5, 5.41) is 4.39. The lowest BCUT2D eigenvalue weighted by Gasteiger charge is -2.33. The van der Waals surface area contributed by atoms with Crippen molar-refractivity contribution in [2.45, 2.75) is 6.04 Å². The van der Waals surface area contributed by atoms with Crippen LogP contribution in [0.4, 0.5) is 4.39 Å². The Hall–Kier alpha value is -0.940. The number of nitrogens with zero attached hydrogens (tertiary/aromatic N) is 2. The van der Waals surface area contributed by atoms with E-state index in [2.05, 4.69) is 15.2 Å². The van der Waals surface area contributed by atoms with E-state index in [1.165, 1.54) is 0 Å². The van der Waals surface area contributed by atoms with Crippen LogP contribution in [0.1, 0.15) is 11.7 Å². The lowest BCUT2D eigenvalue weighted by atomic mass is 10.1. The van der Waals surface area contributed by atoms with E-state index in [-0.39, 0.29) is 37.5 Å². The molecule has 0 aliphatic carbocycles. The number of halogens is 3. The number of nitrogens with one attached hydrogen (secondary N) is 1. The second-order valence-corrected chi connectivity index (χ2v) is 4.88. The molecule has 1 aliphatic heterocycles. The Labute approximate surface area is 136 Å². The maximum Gasteiger partial charge on any atom is 0.111 e. The zero-order valence-electron chi connectivity index (χ0n) is 11.7. The summed E-state index contributed by atoms with van der Waals surface area (Å²) >= 11 is 0. The first kappa shape index (κ1) is 18.1. The second kappa shape index (κ2) is 8.49. The van der Waals surface area contributed by atoms with Crippen molar-refractivity contribution in [2.24, 2.45) is 0 Å². The van der Waals surface area contributed by atoms with E-state index in [0.29, 0.717) is 0 Å². The Morgan fingerprint density at radius 3 is 2.52 bits per heavy atom. The van der Waals surface area contributed by atoms with E-state index in [9.17, 15) is 4.39 Å². The van der Waals surface area contributed by atoms with Crippen molar-refractivity contribution in [1.82, 2.24) is 15.2 Å². The van der Waals surface area contributed by atoms with E-state index in [1.54, 1.807) is 0 Å². The number of pyridine rings is 1. The van der Waals surface area contributed by atoms with Gasteiger partial charge in [-0.25, -0.2) is 4.39 Å². The predicted molar refractivity (Wildman–Crippen MR) is 89.4 cm³/mol. The molecule has 3 rings (SSSR count). The Morgan fingerprint density at radius 1 is 1.10 bits per heavy atom. The lowest BCUT2D eigenvalue weighted by Crippen LogP contribution is -2.45. The Kier molecular flexibility index (Phi) is 7.32. The van der Waals surface area contributed by atoms with Gasteiger partial charge < -0.3 is 5.32 Å². The minimum Gasteiger partial charge on any atom is -0.314 e. The van der Waals surface area contributed by atoms with Gasteiger partial charge in [-0.1, -0.05) is 24.3 Å². The molecule has 0 spiro atoms. The Morgan fingerprint density at radius 2 is 1.81 bits per heavy atom. The van der Waals surface area contributed by atoms with Gasteiger partial charge in [0, 0.05) is 31.6 Å². The molecule has 6 heteroatoms. The van der Waals surface area contributed by atoms with Crippen LogP contribution in [0.3, 0.4) is 0 Å². The number of alkyl halides is 1. The number of aromatic nitrogens is 1. The van der Waals surface area contributed by atoms with Gasteiger partial charge in [-0.2, -0.15) is 0 Å². The van der Waals surface area contributed by atoms with Gasteiger partial charge in [0.05, 0.1) is 17.3 Å². The van der Waals surface area contributed by atoms with Crippen LogP contribution >= 0.6 is 24.8 Å². The van der Waals surface area contributed by atoms with Gasteiger partial charge in [-0.15, -0.1) is 24.8 Å². The molecular formula is C15H20Cl2FN3. The Bertz CT molecular complexity index is 561. The molecule has 0 radical (unpaired) electrons. The fourth-order valence-corrected chi connectivity index (χ4v) is 2.62. The molecule has 116 valence electrons. The molecule has 1 fully saturated rings. The highest BCUT2D eigenvalue weighted by Crippen LogP contribution is 2.22. The third kappa shape index (κ3) is 4.04. The largest absolute Gasteiger partial charge is 0.314 e. The van der Waals surface area contributed by atoms with Gasteiger partial charge in [-0.05, 0) is 12.1 Å². The molecule has 1 saturated heterocycles. The summed E-state index contributed by atoms with van der Waals surface area (Å²) in [5.74, 6) is 0. The Balaban J connectivity index is 0.00000110. The number of fused-ring (bicyclic) bond motifs is 1. The monoisotopic (exact) mass is 331 g/mol. The molecule has 2 aromatic rings. The average molecular weight is 332 g/mol. The van der Waals surface area contributed by atoms with E-state index in [0.717, 1.165) is 42.8 Å². The molecule has 1 N–H and O–H groups in total. The molecule has 0 amide bonds. The number of para-hydroxylation sites is 1. The zero-order valence-corrected chi connectivity index (χ0v) is 13.3. The standard InChI is InChI=1S/C15H18FN3.2ClH/c16-11-15(19-9-7-17-8-10-19)14-6-5-12-3-1-2-4-13(12)18-14;;/h1-6,15,17H,7-11H2;2*1H/t15-;;/m0../s1. The molecule has 2 heterocycles. The molecule has 21 heavy (non-hydrogen) atoms. The zero-order chi connectivity index (χ0) is 13.1. The van der Waals surface area contributed by atoms with E-state index < -0.39 is 0 Å². The predicted octanol–water partition coefficient (Wildman–Crippen LogP) is 2.99. The summed E-state index contributed by atoms with van der Waals surface area (Å²) in [6.45, 7) is 3.21. The van der Waals surface area contributed by atoms with E-state index >= 15 is 0 Å². The van der Waals surface area contributed by atoms with Crippen molar-refractivity contribution in [3.63, 3.8) is 0 Å². The molecule has 3 nitrogen and oxygen atoms in total. The van der Waals surface area contributed by atoms with Gasteiger partial charge >= 0.3 is 0 Å². The smallest absolute Gasteiger partial charge is 0.111 e. The molecular weight excluding hydrogens is 312 g/mol. The maximum absolute atomic E-state index is 13.4. The summed E-state index contributed by atoms with van der Waals surface area (Å²) < 4.78 is 13.4. The van der Waals surface area contributed by atoms with Gasteiger partial charge in [0.2, 0.25) is 0 Å². The average Bonchev–Trinajstić information content (AvgIpc) is 2.49. The van der Waals surface area contributed by atoms with Gasteiger partial charge in [-0.3, -0.25) is 9.88 Å². The number of rotatable bonds is 3. The highest BCUT2D eigenvalue weighted by Gasteiger charge is 2.23. The summed E-state index contributed by atoms with van der Waals surface area (Å²) in [6, 6.07) is 11.7. The number of piperazine rings is 1. The van der Waals surface area contributed by atoms with Crippen LogP contribution in [0.2, 0.25) is 0 Å². The molecule has 1 aromatic carbocycles. The highest BCUT2D eigenvalue weighted by molar-refractivity contribution is 5.85. The molecule has 1 aromatic heterocycles. The third-order valence-electron chi connectivity index (χ3n) is 3.70.